The highest BCUT2D eigenvalue weighted by Gasteiger charge is 2.18. The van der Waals surface area contributed by atoms with Crippen molar-refractivity contribution in [2.45, 2.75) is 39.8 Å². The SMILES string of the molecule is Cc1nn(C)c(C)c1[C@@H](C)NC(=O)CCn1nnc2ccccc21. The number of aryl methyl sites for hydroxylation is 3. The minimum absolute atomic E-state index is 0.00951. The summed E-state index contributed by atoms with van der Waals surface area (Å²) in [6.45, 7) is 6.47. The van der Waals surface area contributed by atoms with Gasteiger partial charge in [0, 0.05) is 24.7 Å². The summed E-state index contributed by atoms with van der Waals surface area (Å²) in [5, 5.41) is 15.7. The zero-order chi connectivity index (χ0) is 17.3. The molecule has 0 aliphatic carbocycles. The molecular formula is C17H22N6O. The van der Waals surface area contributed by atoms with E-state index in [0.29, 0.717) is 13.0 Å². The molecule has 0 aliphatic rings. The summed E-state index contributed by atoms with van der Waals surface area (Å²) in [5.74, 6) is -0.00951. The second kappa shape index (κ2) is 6.43. The first-order valence-electron chi connectivity index (χ1n) is 8.05. The molecule has 0 spiro atoms. The number of hydrogen-bond donors (Lipinski definition) is 1. The summed E-state index contributed by atoms with van der Waals surface area (Å²) in [5.41, 5.74) is 4.88. The molecular weight excluding hydrogens is 304 g/mol. The second-order valence-corrected chi connectivity index (χ2v) is 6.05. The highest BCUT2D eigenvalue weighted by atomic mass is 16.1. The van der Waals surface area contributed by atoms with Gasteiger partial charge in [-0.3, -0.25) is 9.48 Å². The van der Waals surface area contributed by atoms with Crippen LogP contribution in [-0.4, -0.2) is 30.7 Å². The Morgan fingerprint density at radius 3 is 2.75 bits per heavy atom. The van der Waals surface area contributed by atoms with Gasteiger partial charge < -0.3 is 5.32 Å². The van der Waals surface area contributed by atoms with Gasteiger partial charge in [-0.1, -0.05) is 17.3 Å². The van der Waals surface area contributed by atoms with Crippen LogP contribution >= 0.6 is 0 Å². The number of amides is 1. The van der Waals surface area contributed by atoms with Crippen molar-refractivity contribution in [3.05, 3.63) is 41.2 Å². The summed E-state index contributed by atoms with van der Waals surface area (Å²) < 4.78 is 3.61. The van der Waals surface area contributed by atoms with Crippen LogP contribution in [0.5, 0.6) is 0 Å². The standard InChI is InChI=1S/C17H22N6O/c1-11(17-12(2)20-22(4)13(17)3)18-16(24)9-10-23-15-8-6-5-7-14(15)19-21-23/h5-8,11H,9-10H2,1-4H3,(H,18,24)/t11-/m1/s1. The van der Waals surface area contributed by atoms with Crippen LogP contribution in [0.25, 0.3) is 11.0 Å². The quantitative estimate of drug-likeness (QED) is 0.778. The Balaban J connectivity index is 1.63. The van der Waals surface area contributed by atoms with Crippen LogP contribution in [-0.2, 0) is 18.4 Å². The molecule has 1 aromatic carbocycles. The van der Waals surface area contributed by atoms with Crippen LogP contribution in [0.15, 0.2) is 24.3 Å². The van der Waals surface area contributed by atoms with E-state index in [0.717, 1.165) is 28.0 Å². The lowest BCUT2D eigenvalue weighted by atomic mass is 10.1. The van der Waals surface area contributed by atoms with E-state index in [1.807, 2.05) is 56.8 Å². The molecule has 1 amide bonds. The normalized spacial score (nSPS) is 12.5. The fourth-order valence-electron chi connectivity index (χ4n) is 3.09. The van der Waals surface area contributed by atoms with Gasteiger partial charge in [-0.2, -0.15) is 5.10 Å². The maximum Gasteiger partial charge on any atom is 0.222 e. The van der Waals surface area contributed by atoms with Gasteiger partial charge in [0.15, 0.2) is 0 Å². The van der Waals surface area contributed by atoms with Crippen LogP contribution < -0.4 is 5.32 Å². The number of rotatable bonds is 5. The number of carbonyl (C=O) groups excluding carboxylic acids is 1. The monoisotopic (exact) mass is 326 g/mol. The molecule has 1 N–H and O–H groups in total. The van der Waals surface area contributed by atoms with E-state index in [1.165, 1.54) is 0 Å². The number of nitrogens with one attached hydrogen (secondary N) is 1. The largest absolute Gasteiger partial charge is 0.349 e. The molecule has 7 nitrogen and oxygen atoms in total. The predicted octanol–water partition coefficient (Wildman–Crippen LogP) is 2.05. The Labute approximate surface area is 140 Å². The zero-order valence-corrected chi connectivity index (χ0v) is 14.4. The summed E-state index contributed by atoms with van der Waals surface area (Å²) in [4.78, 5) is 12.3. The van der Waals surface area contributed by atoms with Gasteiger partial charge in [-0.05, 0) is 32.9 Å². The van der Waals surface area contributed by atoms with Crippen molar-refractivity contribution < 1.29 is 4.79 Å². The van der Waals surface area contributed by atoms with Gasteiger partial charge in [0.2, 0.25) is 5.91 Å². The zero-order valence-electron chi connectivity index (χ0n) is 14.4. The van der Waals surface area contributed by atoms with Gasteiger partial charge in [0.25, 0.3) is 0 Å². The predicted molar refractivity (Wildman–Crippen MR) is 91.4 cm³/mol. The Bertz CT molecular complexity index is 878. The van der Waals surface area contributed by atoms with Gasteiger partial charge in [0.05, 0.1) is 23.8 Å². The molecule has 2 heterocycles. The minimum atomic E-state index is -0.0707. The number of nitrogens with zero attached hydrogens (tertiary/aromatic N) is 5. The van der Waals surface area contributed by atoms with E-state index in [9.17, 15) is 4.79 Å². The van der Waals surface area contributed by atoms with Crippen LogP contribution in [0.2, 0.25) is 0 Å². The molecule has 0 saturated heterocycles. The third-order valence-corrected chi connectivity index (χ3v) is 4.35. The Morgan fingerprint density at radius 2 is 2.04 bits per heavy atom. The van der Waals surface area contributed by atoms with E-state index in [2.05, 4.69) is 20.7 Å². The Hall–Kier alpha value is -2.70. The molecule has 0 fully saturated rings. The molecule has 0 unspecified atom stereocenters. The Kier molecular flexibility index (Phi) is 4.33. The number of benzene rings is 1. The van der Waals surface area contributed by atoms with Crippen molar-refractivity contribution in [3.8, 4) is 0 Å². The first-order valence-corrected chi connectivity index (χ1v) is 8.05. The summed E-state index contributed by atoms with van der Waals surface area (Å²) >= 11 is 0. The van der Waals surface area contributed by atoms with Crippen molar-refractivity contribution in [1.82, 2.24) is 30.1 Å². The molecule has 3 rings (SSSR count). The molecule has 0 radical (unpaired) electrons. The fraction of sp³-hybridized carbons (Fsp3) is 0.412. The van der Waals surface area contributed by atoms with Crippen molar-refractivity contribution >= 4 is 16.9 Å². The Morgan fingerprint density at radius 1 is 1.29 bits per heavy atom. The lowest BCUT2D eigenvalue weighted by molar-refractivity contribution is -0.122. The van der Waals surface area contributed by atoms with Crippen LogP contribution in [0, 0.1) is 13.8 Å². The van der Waals surface area contributed by atoms with Crippen molar-refractivity contribution in [3.63, 3.8) is 0 Å². The van der Waals surface area contributed by atoms with Gasteiger partial charge in [-0.15, -0.1) is 5.10 Å². The van der Waals surface area contributed by atoms with Gasteiger partial charge in [0.1, 0.15) is 5.52 Å². The molecule has 1 atom stereocenters. The van der Waals surface area contributed by atoms with Gasteiger partial charge in [-0.25, -0.2) is 4.68 Å². The molecule has 0 aliphatic heterocycles. The number of para-hydroxylation sites is 1. The van der Waals surface area contributed by atoms with E-state index < -0.39 is 0 Å². The number of aromatic nitrogens is 5. The van der Waals surface area contributed by atoms with E-state index in [4.69, 9.17) is 0 Å². The number of carbonyl (C=O) groups is 1. The average Bonchev–Trinajstić information content (AvgIpc) is 3.06. The van der Waals surface area contributed by atoms with E-state index in [1.54, 1.807) is 4.68 Å². The first kappa shape index (κ1) is 16.2. The highest BCUT2D eigenvalue weighted by Crippen LogP contribution is 2.20. The van der Waals surface area contributed by atoms with Gasteiger partial charge >= 0.3 is 0 Å². The molecule has 0 saturated carbocycles. The highest BCUT2D eigenvalue weighted by molar-refractivity contribution is 5.77. The lowest BCUT2D eigenvalue weighted by Gasteiger charge is -2.15. The van der Waals surface area contributed by atoms with E-state index >= 15 is 0 Å². The summed E-state index contributed by atoms with van der Waals surface area (Å²) in [6, 6.07) is 7.67. The lowest BCUT2D eigenvalue weighted by Crippen LogP contribution is -2.28. The third-order valence-electron chi connectivity index (χ3n) is 4.35. The molecule has 2 aromatic heterocycles. The van der Waals surface area contributed by atoms with Crippen molar-refractivity contribution in [2.24, 2.45) is 7.05 Å². The van der Waals surface area contributed by atoms with Crippen molar-refractivity contribution in [2.75, 3.05) is 0 Å². The van der Waals surface area contributed by atoms with Crippen LogP contribution in [0.1, 0.15) is 36.3 Å². The molecule has 0 bridgehead atoms. The van der Waals surface area contributed by atoms with E-state index in [-0.39, 0.29) is 11.9 Å². The summed E-state index contributed by atoms with van der Waals surface area (Å²) in [6.07, 6.45) is 0.357. The molecule has 7 heteroatoms. The summed E-state index contributed by atoms with van der Waals surface area (Å²) in [7, 11) is 1.91. The average molecular weight is 326 g/mol. The fourth-order valence-corrected chi connectivity index (χ4v) is 3.09. The maximum absolute atomic E-state index is 12.3. The second-order valence-electron chi connectivity index (χ2n) is 6.05. The van der Waals surface area contributed by atoms with Crippen molar-refractivity contribution in [1.29, 1.82) is 0 Å². The van der Waals surface area contributed by atoms with Crippen LogP contribution in [0.3, 0.4) is 0 Å². The minimum Gasteiger partial charge on any atom is -0.349 e. The number of fused-ring (bicyclic) bond motifs is 1. The molecule has 3 aromatic rings. The van der Waals surface area contributed by atoms with Crippen LogP contribution in [0.4, 0.5) is 0 Å². The first-order chi connectivity index (χ1) is 11.5. The smallest absolute Gasteiger partial charge is 0.222 e. The molecule has 126 valence electrons. The topological polar surface area (TPSA) is 77.6 Å². The maximum atomic E-state index is 12.3. The number of hydrogen-bond acceptors (Lipinski definition) is 4. The third kappa shape index (κ3) is 3.02. The molecule has 24 heavy (non-hydrogen) atoms.